The van der Waals surface area contributed by atoms with E-state index in [2.05, 4.69) is 20.8 Å². The predicted molar refractivity (Wildman–Crippen MR) is 114 cm³/mol. The molecule has 1 rings (SSSR count). The number of hydrogen-bond acceptors (Lipinski definition) is 3. The van der Waals surface area contributed by atoms with Crippen LogP contribution in [0.3, 0.4) is 0 Å². The maximum atomic E-state index is 11.7. The molecule has 3 heteroatoms. The molecule has 160 valence electrons. The first-order valence-corrected chi connectivity index (χ1v) is 12.0. The van der Waals surface area contributed by atoms with Crippen LogP contribution in [0.2, 0.25) is 0 Å². The molecule has 0 aromatic heterocycles. The third-order valence-corrected chi connectivity index (χ3v) is 5.71. The maximum Gasteiger partial charge on any atom is 0.305 e. The van der Waals surface area contributed by atoms with E-state index in [1.54, 1.807) is 0 Å². The van der Waals surface area contributed by atoms with Crippen molar-refractivity contribution in [2.24, 2.45) is 5.92 Å². The van der Waals surface area contributed by atoms with Crippen molar-refractivity contribution >= 4 is 5.97 Å². The smallest absolute Gasteiger partial charge is 0.305 e. The lowest BCUT2D eigenvalue weighted by molar-refractivity contribution is -0.145. The Morgan fingerprint density at radius 1 is 0.815 bits per heavy atom. The van der Waals surface area contributed by atoms with Gasteiger partial charge in [-0.2, -0.15) is 0 Å². The van der Waals surface area contributed by atoms with Gasteiger partial charge in [-0.05, 0) is 31.6 Å². The molecule has 0 bridgehead atoms. The largest absolute Gasteiger partial charge is 0.465 e. The van der Waals surface area contributed by atoms with Crippen LogP contribution in [0.15, 0.2) is 0 Å². The van der Waals surface area contributed by atoms with Gasteiger partial charge in [0.25, 0.3) is 0 Å². The second-order valence-electron chi connectivity index (χ2n) is 8.65. The Labute approximate surface area is 169 Å². The highest BCUT2D eigenvalue weighted by molar-refractivity contribution is 5.69. The Balaban J connectivity index is 1.80. The molecule has 0 aromatic rings. The average Bonchev–Trinajstić information content (AvgIpc) is 3.40. The Morgan fingerprint density at radius 3 is 1.96 bits per heavy atom. The van der Waals surface area contributed by atoms with Gasteiger partial charge in [0.2, 0.25) is 0 Å². The number of carbonyl (C=O) groups is 1. The molecule has 0 N–H and O–H groups in total. The fraction of sp³-hybridized carbons (Fsp3) is 0.958. The molecule has 0 radical (unpaired) electrons. The molecule has 3 unspecified atom stereocenters. The number of epoxide rings is 1. The van der Waals surface area contributed by atoms with E-state index in [0.29, 0.717) is 31.2 Å². The van der Waals surface area contributed by atoms with E-state index in [4.69, 9.17) is 9.47 Å². The molecule has 0 aromatic carbocycles. The molecule has 0 aliphatic carbocycles. The van der Waals surface area contributed by atoms with Crippen LogP contribution in [0.4, 0.5) is 0 Å². The van der Waals surface area contributed by atoms with Crippen LogP contribution >= 0.6 is 0 Å². The van der Waals surface area contributed by atoms with E-state index in [1.807, 2.05) is 0 Å². The molecular weight excluding hydrogens is 336 g/mol. The first kappa shape index (κ1) is 24.5. The molecule has 0 spiro atoms. The third-order valence-electron chi connectivity index (χ3n) is 5.71. The van der Waals surface area contributed by atoms with Crippen molar-refractivity contribution in [1.82, 2.24) is 0 Å². The zero-order valence-corrected chi connectivity index (χ0v) is 18.5. The molecule has 0 amide bonds. The monoisotopic (exact) mass is 382 g/mol. The minimum Gasteiger partial charge on any atom is -0.465 e. The number of rotatable bonds is 19. The Morgan fingerprint density at radius 2 is 1.37 bits per heavy atom. The van der Waals surface area contributed by atoms with Gasteiger partial charge in [0.05, 0.1) is 18.8 Å². The van der Waals surface area contributed by atoms with Crippen LogP contribution in [-0.4, -0.2) is 24.8 Å². The molecule has 1 aliphatic heterocycles. The highest BCUT2D eigenvalue weighted by Crippen LogP contribution is 2.31. The molecule has 3 nitrogen and oxygen atoms in total. The van der Waals surface area contributed by atoms with Gasteiger partial charge in [0.15, 0.2) is 0 Å². The van der Waals surface area contributed by atoms with E-state index in [-0.39, 0.29) is 5.97 Å². The summed E-state index contributed by atoms with van der Waals surface area (Å²) in [6, 6.07) is 0. The average molecular weight is 383 g/mol. The van der Waals surface area contributed by atoms with Gasteiger partial charge in [-0.25, -0.2) is 0 Å². The lowest BCUT2D eigenvalue weighted by Crippen LogP contribution is -2.11. The normalized spacial score (nSPS) is 19.8. The molecule has 1 saturated heterocycles. The van der Waals surface area contributed by atoms with Gasteiger partial charge in [-0.1, -0.05) is 91.4 Å². The Hall–Kier alpha value is -0.570. The maximum absolute atomic E-state index is 11.7. The zero-order valence-electron chi connectivity index (χ0n) is 18.5. The van der Waals surface area contributed by atoms with Crippen LogP contribution in [0.5, 0.6) is 0 Å². The quantitative estimate of drug-likeness (QED) is 0.134. The van der Waals surface area contributed by atoms with Crippen LogP contribution in [-0.2, 0) is 14.3 Å². The summed E-state index contributed by atoms with van der Waals surface area (Å²) in [5.41, 5.74) is 0. The second-order valence-corrected chi connectivity index (χ2v) is 8.65. The van der Waals surface area contributed by atoms with Gasteiger partial charge in [-0.3, -0.25) is 4.79 Å². The Kier molecular flexibility index (Phi) is 14.9. The summed E-state index contributed by atoms with van der Waals surface area (Å²) in [7, 11) is 0. The van der Waals surface area contributed by atoms with Crippen LogP contribution in [0.1, 0.15) is 124 Å². The summed E-state index contributed by atoms with van der Waals surface area (Å²) in [5, 5.41) is 0. The molecule has 1 aliphatic rings. The Bertz CT molecular complexity index is 356. The number of esters is 1. The highest BCUT2D eigenvalue weighted by atomic mass is 16.6. The number of ether oxygens (including phenoxy) is 2. The summed E-state index contributed by atoms with van der Waals surface area (Å²) >= 11 is 0. The summed E-state index contributed by atoms with van der Waals surface area (Å²) in [5.74, 6) is 0.482. The minimum atomic E-state index is -0.0122. The highest BCUT2D eigenvalue weighted by Gasteiger charge is 2.36. The van der Waals surface area contributed by atoms with Gasteiger partial charge in [0.1, 0.15) is 0 Å². The van der Waals surface area contributed by atoms with Crippen molar-refractivity contribution in [3.8, 4) is 0 Å². The summed E-state index contributed by atoms with van der Waals surface area (Å²) in [4.78, 5) is 11.7. The molecular formula is C24H46O3. The first-order chi connectivity index (χ1) is 13.2. The second kappa shape index (κ2) is 16.4. The molecule has 1 heterocycles. The van der Waals surface area contributed by atoms with Gasteiger partial charge in [-0.15, -0.1) is 0 Å². The third kappa shape index (κ3) is 14.1. The standard InChI is InChI=1S/C24H46O3/c1-4-6-7-8-10-13-17-22-23(27-22)18-14-11-9-12-15-19-24(25)26-20-21(3)16-5-2/h21-23H,4-20H2,1-3H3. The van der Waals surface area contributed by atoms with Crippen LogP contribution in [0.25, 0.3) is 0 Å². The van der Waals surface area contributed by atoms with Crippen molar-refractivity contribution in [3.05, 3.63) is 0 Å². The summed E-state index contributed by atoms with van der Waals surface area (Å²) in [6.45, 7) is 7.18. The SMILES string of the molecule is CCCCCCCCC1OC1CCCCCCCC(=O)OCC(C)CCC. The van der Waals surface area contributed by atoms with Crippen molar-refractivity contribution in [2.45, 2.75) is 136 Å². The number of unbranched alkanes of at least 4 members (excludes halogenated alkanes) is 9. The van der Waals surface area contributed by atoms with Crippen molar-refractivity contribution < 1.29 is 14.3 Å². The van der Waals surface area contributed by atoms with Gasteiger partial charge >= 0.3 is 5.97 Å². The van der Waals surface area contributed by atoms with Gasteiger partial charge < -0.3 is 9.47 Å². The van der Waals surface area contributed by atoms with E-state index >= 15 is 0 Å². The molecule has 27 heavy (non-hydrogen) atoms. The van der Waals surface area contributed by atoms with Crippen molar-refractivity contribution in [2.75, 3.05) is 6.61 Å². The first-order valence-electron chi connectivity index (χ1n) is 12.0. The number of carbonyl (C=O) groups excluding carboxylic acids is 1. The lowest BCUT2D eigenvalue weighted by atomic mass is 10.0. The van der Waals surface area contributed by atoms with Crippen molar-refractivity contribution in [3.63, 3.8) is 0 Å². The summed E-state index contributed by atoms with van der Waals surface area (Å²) < 4.78 is 11.1. The zero-order chi connectivity index (χ0) is 19.7. The summed E-state index contributed by atoms with van der Waals surface area (Å²) in [6.07, 6.45) is 20.7. The predicted octanol–water partition coefficient (Wildman–Crippen LogP) is 7.21. The lowest BCUT2D eigenvalue weighted by Gasteiger charge is -2.10. The topological polar surface area (TPSA) is 38.8 Å². The molecule has 3 atom stereocenters. The number of hydrogen-bond donors (Lipinski definition) is 0. The molecule has 1 fully saturated rings. The van der Waals surface area contributed by atoms with Gasteiger partial charge in [0, 0.05) is 6.42 Å². The minimum absolute atomic E-state index is 0.0122. The fourth-order valence-electron chi connectivity index (χ4n) is 3.84. The fourth-order valence-corrected chi connectivity index (χ4v) is 3.84. The van der Waals surface area contributed by atoms with E-state index in [1.165, 1.54) is 70.6 Å². The van der Waals surface area contributed by atoms with E-state index in [0.717, 1.165) is 25.7 Å². The van der Waals surface area contributed by atoms with Crippen molar-refractivity contribution in [1.29, 1.82) is 0 Å². The van der Waals surface area contributed by atoms with Crippen LogP contribution in [0, 0.1) is 5.92 Å². The van der Waals surface area contributed by atoms with E-state index < -0.39 is 0 Å². The molecule has 0 saturated carbocycles. The van der Waals surface area contributed by atoms with Crippen LogP contribution < -0.4 is 0 Å². The van der Waals surface area contributed by atoms with E-state index in [9.17, 15) is 4.79 Å².